The Morgan fingerprint density at radius 2 is 1.85 bits per heavy atom. The van der Waals surface area contributed by atoms with Gasteiger partial charge in [-0.3, -0.25) is 4.79 Å². The number of carbonyl (C=O) groups is 1. The first-order valence-electron chi connectivity index (χ1n) is 3.44. The summed E-state index contributed by atoms with van der Waals surface area (Å²) in [6.45, 7) is 1.40. The topological polar surface area (TPSA) is 46.1 Å². The molecule has 0 saturated carbocycles. The Balaban J connectivity index is 3.20. The van der Waals surface area contributed by atoms with Crippen LogP contribution in [0.25, 0.3) is 0 Å². The molecule has 0 unspecified atom stereocenters. The van der Waals surface area contributed by atoms with Crippen LogP contribution >= 0.6 is 23.2 Å². The van der Waals surface area contributed by atoms with E-state index in [0.29, 0.717) is 5.69 Å². The molecule has 1 aromatic heterocycles. The van der Waals surface area contributed by atoms with Crippen LogP contribution in [0.15, 0.2) is 6.33 Å². The Hall–Kier alpha value is -0.870. The van der Waals surface area contributed by atoms with Crippen LogP contribution in [0.4, 0.5) is 5.69 Å². The molecule has 4 nitrogen and oxygen atoms in total. The number of hydrogen-bond acceptors (Lipinski definition) is 3. The summed E-state index contributed by atoms with van der Waals surface area (Å²) in [4.78, 5) is 19.7. The van der Waals surface area contributed by atoms with Gasteiger partial charge >= 0.3 is 0 Å². The Morgan fingerprint density at radius 1 is 1.38 bits per heavy atom. The molecule has 0 aromatic carbocycles. The van der Waals surface area contributed by atoms with Gasteiger partial charge in [-0.2, -0.15) is 0 Å². The van der Waals surface area contributed by atoms with E-state index in [1.54, 1.807) is 7.05 Å². The third kappa shape index (κ3) is 2.08. The summed E-state index contributed by atoms with van der Waals surface area (Å²) < 4.78 is 0. The number of hydrogen-bond donors (Lipinski definition) is 0. The van der Waals surface area contributed by atoms with Crippen molar-refractivity contribution in [2.75, 3.05) is 11.9 Å². The Labute approximate surface area is 85.5 Å². The molecule has 1 heterocycles. The molecule has 0 bridgehead atoms. The van der Waals surface area contributed by atoms with Crippen LogP contribution < -0.4 is 4.90 Å². The van der Waals surface area contributed by atoms with Crippen molar-refractivity contribution in [2.45, 2.75) is 6.92 Å². The second kappa shape index (κ2) is 3.89. The fourth-order valence-electron chi connectivity index (χ4n) is 0.772. The smallest absolute Gasteiger partial charge is 0.223 e. The maximum absolute atomic E-state index is 11.0. The molecule has 0 aliphatic carbocycles. The summed E-state index contributed by atoms with van der Waals surface area (Å²) in [6.07, 6.45) is 1.24. The lowest BCUT2D eigenvalue weighted by Crippen LogP contribution is -2.24. The molecular weight excluding hydrogens is 213 g/mol. The average molecular weight is 220 g/mol. The Bertz CT molecular complexity index is 322. The number of aromatic nitrogens is 2. The lowest BCUT2D eigenvalue weighted by Gasteiger charge is -2.15. The van der Waals surface area contributed by atoms with Gasteiger partial charge in [0.1, 0.15) is 12.0 Å². The molecule has 0 spiro atoms. The summed E-state index contributed by atoms with van der Waals surface area (Å²) in [5.41, 5.74) is 0.332. The molecule has 6 heteroatoms. The van der Waals surface area contributed by atoms with Gasteiger partial charge in [0, 0.05) is 14.0 Å². The summed E-state index contributed by atoms with van der Waals surface area (Å²) >= 11 is 11.5. The number of amides is 1. The lowest BCUT2D eigenvalue weighted by atomic mass is 10.4. The van der Waals surface area contributed by atoms with Gasteiger partial charge in [0.2, 0.25) is 5.91 Å². The molecule has 0 atom stereocenters. The van der Waals surface area contributed by atoms with Crippen molar-refractivity contribution in [2.24, 2.45) is 0 Å². The zero-order chi connectivity index (χ0) is 10.0. The highest BCUT2D eigenvalue weighted by Crippen LogP contribution is 2.28. The quantitative estimate of drug-likeness (QED) is 0.677. The normalized spacial score (nSPS) is 9.85. The average Bonchev–Trinajstić information content (AvgIpc) is 2.03. The van der Waals surface area contributed by atoms with Gasteiger partial charge in [-0.1, -0.05) is 23.2 Å². The predicted octanol–water partition coefficient (Wildman–Crippen LogP) is 1.77. The molecule has 0 radical (unpaired) electrons. The standard InChI is InChI=1S/C7H7Cl2N3O/c1-4(13)12(2)5-6(8)10-3-11-7(5)9/h3H,1-2H3. The van der Waals surface area contributed by atoms with Crippen LogP contribution in [0.1, 0.15) is 6.92 Å². The van der Waals surface area contributed by atoms with E-state index < -0.39 is 0 Å². The first-order valence-corrected chi connectivity index (χ1v) is 4.20. The van der Waals surface area contributed by atoms with E-state index in [9.17, 15) is 4.79 Å². The van der Waals surface area contributed by atoms with E-state index >= 15 is 0 Å². The van der Waals surface area contributed by atoms with E-state index in [1.165, 1.54) is 18.2 Å². The molecule has 1 amide bonds. The monoisotopic (exact) mass is 219 g/mol. The van der Waals surface area contributed by atoms with Crippen LogP contribution in [-0.2, 0) is 4.79 Å². The number of halogens is 2. The second-order valence-electron chi connectivity index (χ2n) is 2.38. The molecule has 0 saturated heterocycles. The summed E-state index contributed by atoms with van der Waals surface area (Å²) in [6, 6.07) is 0. The highest BCUT2D eigenvalue weighted by atomic mass is 35.5. The van der Waals surface area contributed by atoms with E-state index in [2.05, 4.69) is 9.97 Å². The molecule has 0 aliphatic heterocycles. The molecule has 0 N–H and O–H groups in total. The fraction of sp³-hybridized carbons (Fsp3) is 0.286. The van der Waals surface area contributed by atoms with E-state index in [-0.39, 0.29) is 16.2 Å². The predicted molar refractivity (Wildman–Crippen MR) is 51.1 cm³/mol. The van der Waals surface area contributed by atoms with Crippen LogP contribution in [0.5, 0.6) is 0 Å². The van der Waals surface area contributed by atoms with Crippen LogP contribution in [0.3, 0.4) is 0 Å². The summed E-state index contributed by atoms with van der Waals surface area (Å²) in [5.74, 6) is -0.182. The maximum Gasteiger partial charge on any atom is 0.223 e. The number of carbonyl (C=O) groups excluding carboxylic acids is 1. The van der Waals surface area contributed by atoms with Crippen molar-refractivity contribution in [1.29, 1.82) is 0 Å². The van der Waals surface area contributed by atoms with Gasteiger partial charge in [-0.05, 0) is 0 Å². The van der Waals surface area contributed by atoms with Gasteiger partial charge in [0.25, 0.3) is 0 Å². The van der Waals surface area contributed by atoms with E-state index in [0.717, 1.165) is 0 Å². The van der Waals surface area contributed by atoms with E-state index in [4.69, 9.17) is 23.2 Å². The van der Waals surface area contributed by atoms with Crippen LogP contribution in [0, 0.1) is 0 Å². The molecule has 1 aromatic rings. The minimum Gasteiger partial charge on any atom is -0.310 e. The van der Waals surface area contributed by atoms with Gasteiger partial charge in [-0.15, -0.1) is 0 Å². The zero-order valence-corrected chi connectivity index (χ0v) is 8.60. The lowest BCUT2D eigenvalue weighted by molar-refractivity contribution is -0.116. The van der Waals surface area contributed by atoms with Gasteiger partial charge < -0.3 is 4.90 Å². The van der Waals surface area contributed by atoms with Crippen molar-refractivity contribution < 1.29 is 4.79 Å². The third-order valence-corrected chi connectivity index (χ3v) is 2.09. The first-order chi connectivity index (χ1) is 6.04. The molecule has 13 heavy (non-hydrogen) atoms. The molecule has 1 rings (SSSR count). The minimum absolute atomic E-state index is 0.165. The summed E-state index contributed by atoms with van der Waals surface area (Å²) in [5, 5.41) is 0.329. The van der Waals surface area contributed by atoms with Crippen molar-refractivity contribution in [3.05, 3.63) is 16.6 Å². The highest BCUT2D eigenvalue weighted by Gasteiger charge is 2.15. The highest BCUT2D eigenvalue weighted by molar-refractivity contribution is 6.38. The maximum atomic E-state index is 11.0. The first kappa shape index (κ1) is 10.2. The largest absolute Gasteiger partial charge is 0.310 e. The van der Waals surface area contributed by atoms with Gasteiger partial charge in [0.15, 0.2) is 10.3 Å². The van der Waals surface area contributed by atoms with Crippen LogP contribution in [-0.4, -0.2) is 22.9 Å². The van der Waals surface area contributed by atoms with Gasteiger partial charge in [0.05, 0.1) is 0 Å². The summed E-state index contributed by atoms with van der Waals surface area (Å²) in [7, 11) is 1.55. The molecule has 70 valence electrons. The molecule has 0 fully saturated rings. The van der Waals surface area contributed by atoms with Crippen molar-refractivity contribution >= 4 is 34.8 Å². The number of nitrogens with zero attached hydrogens (tertiary/aromatic N) is 3. The van der Waals surface area contributed by atoms with Crippen molar-refractivity contribution in [1.82, 2.24) is 9.97 Å². The zero-order valence-electron chi connectivity index (χ0n) is 7.08. The SMILES string of the molecule is CC(=O)N(C)c1c(Cl)ncnc1Cl. The minimum atomic E-state index is -0.182. The van der Waals surface area contributed by atoms with Gasteiger partial charge in [-0.25, -0.2) is 9.97 Å². The number of anilines is 1. The molecule has 0 aliphatic rings. The number of rotatable bonds is 1. The third-order valence-electron chi connectivity index (χ3n) is 1.54. The van der Waals surface area contributed by atoms with Crippen LogP contribution in [0.2, 0.25) is 10.3 Å². The van der Waals surface area contributed by atoms with Crippen molar-refractivity contribution in [3.8, 4) is 0 Å². The Kier molecular flexibility index (Phi) is 3.06. The second-order valence-corrected chi connectivity index (χ2v) is 3.10. The van der Waals surface area contributed by atoms with E-state index in [1.807, 2.05) is 0 Å². The Morgan fingerprint density at radius 3 is 2.23 bits per heavy atom. The van der Waals surface area contributed by atoms with Crippen molar-refractivity contribution in [3.63, 3.8) is 0 Å². The molecular formula is C7H7Cl2N3O. The fourth-order valence-corrected chi connectivity index (χ4v) is 1.34.